The Balaban J connectivity index is 2.36. The van der Waals surface area contributed by atoms with Crippen molar-refractivity contribution in [1.29, 1.82) is 0 Å². The van der Waals surface area contributed by atoms with E-state index >= 15 is 0 Å². The molecule has 0 aliphatic carbocycles. The van der Waals surface area contributed by atoms with E-state index in [1.54, 1.807) is 24.3 Å². The molecular formula is C15H16O3. The maximum Gasteiger partial charge on any atom is 0.135 e. The number of hydrogen-bond acceptors (Lipinski definition) is 3. The molecular weight excluding hydrogens is 228 g/mol. The molecule has 0 atom stereocenters. The van der Waals surface area contributed by atoms with Crippen LogP contribution in [0.3, 0.4) is 0 Å². The van der Waals surface area contributed by atoms with Crippen LogP contribution in [0.2, 0.25) is 0 Å². The summed E-state index contributed by atoms with van der Waals surface area (Å²) in [7, 11) is 0. The number of aromatic hydroxyl groups is 2. The lowest BCUT2D eigenvalue weighted by atomic mass is 9.91. The first-order valence-electron chi connectivity index (χ1n) is 6.13. The minimum Gasteiger partial charge on any atom is -0.507 e. The molecule has 0 saturated carbocycles. The maximum atomic E-state index is 10.0. The van der Waals surface area contributed by atoms with E-state index in [4.69, 9.17) is 4.74 Å². The van der Waals surface area contributed by atoms with Crippen LogP contribution in [0.15, 0.2) is 24.3 Å². The Hall–Kier alpha value is -1.90. The molecule has 94 valence electrons. The predicted molar refractivity (Wildman–Crippen MR) is 70.3 cm³/mol. The van der Waals surface area contributed by atoms with Crippen LogP contribution in [0, 0.1) is 0 Å². The third-order valence-corrected chi connectivity index (χ3v) is 3.52. The number of phenolic OH excluding ortho intramolecular Hbond substituents is 2. The molecule has 1 heterocycles. The van der Waals surface area contributed by atoms with E-state index < -0.39 is 0 Å². The number of fused-ring (bicyclic) bond motifs is 3. The molecule has 3 rings (SSSR count). The van der Waals surface area contributed by atoms with Crippen molar-refractivity contribution in [3.63, 3.8) is 0 Å². The molecule has 0 radical (unpaired) electrons. The topological polar surface area (TPSA) is 49.7 Å². The lowest BCUT2D eigenvalue weighted by Crippen LogP contribution is -2.32. The standard InChI is InChI=1S/C15H16O3/c1-15(2)7-6-9-8-12(17)10-4-3-5-11(16)13(10)14(9)18-15/h3-5,8,16-17H,6-7H2,1-2H3. The largest absolute Gasteiger partial charge is 0.507 e. The normalized spacial score (nSPS) is 17.2. The smallest absolute Gasteiger partial charge is 0.135 e. The van der Waals surface area contributed by atoms with E-state index in [1.165, 1.54) is 0 Å². The van der Waals surface area contributed by atoms with Crippen LogP contribution in [0.5, 0.6) is 17.2 Å². The highest BCUT2D eigenvalue weighted by Crippen LogP contribution is 2.45. The summed E-state index contributed by atoms with van der Waals surface area (Å²) < 4.78 is 6.00. The summed E-state index contributed by atoms with van der Waals surface area (Å²) in [6.07, 6.45) is 1.75. The second kappa shape index (κ2) is 3.55. The van der Waals surface area contributed by atoms with Gasteiger partial charge >= 0.3 is 0 Å². The van der Waals surface area contributed by atoms with Gasteiger partial charge in [-0.3, -0.25) is 0 Å². The third kappa shape index (κ3) is 1.58. The van der Waals surface area contributed by atoms with Crippen molar-refractivity contribution in [2.45, 2.75) is 32.3 Å². The van der Waals surface area contributed by atoms with Crippen LogP contribution in [-0.4, -0.2) is 15.8 Å². The highest BCUT2D eigenvalue weighted by Gasteiger charge is 2.29. The van der Waals surface area contributed by atoms with Gasteiger partial charge in [0, 0.05) is 5.39 Å². The van der Waals surface area contributed by atoms with Gasteiger partial charge in [-0.05, 0) is 44.4 Å². The van der Waals surface area contributed by atoms with Crippen molar-refractivity contribution in [2.75, 3.05) is 0 Å². The van der Waals surface area contributed by atoms with Crippen LogP contribution in [-0.2, 0) is 6.42 Å². The molecule has 2 N–H and O–H groups in total. The fraction of sp³-hybridized carbons (Fsp3) is 0.333. The van der Waals surface area contributed by atoms with Crippen molar-refractivity contribution in [2.24, 2.45) is 0 Å². The number of benzene rings is 2. The van der Waals surface area contributed by atoms with Gasteiger partial charge in [-0.1, -0.05) is 12.1 Å². The summed E-state index contributed by atoms with van der Waals surface area (Å²) >= 11 is 0. The molecule has 18 heavy (non-hydrogen) atoms. The minimum absolute atomic E-state index is 0.150. The van der Waals surface area contributed by atoms with Gasteiger partial charge in [-0.25, -0.2) is 0 Å². The lowest BCUT2D eigenvalue weighted by molar-refractivity contribution is 0.0866. The van der Waals surface area contributed by atoms with Crippen LogP contribution in [0.4, 0.5) is 0 Å². The Morgan fingerprint density at radius 2 is 1.94 bits per heavy atom. The van der Waals surface area contributed by atoms with E-state index in [0.717, 1.165) is 18.4 Å². The minimum atomic E-state index is -0.237. The zero-order chi connectivity index (χ0) is 12.9. The van der Waals surface area contributed by atoms with Crippen molar-refractivity contribution >= 4 is 10.8 Å². The SMILES string of the molecule is CC1(C)CCc2cc(O)c3cccc(O)c3c2O1. The molecule has 0 unspecified atom stereocenters. The molecule has 0 bridgehead atoms. The Labute approximate surface area is 106 Å². The first-order chi connectivity index (χ1) is 8.48. The first kappa shape index (κ1) is 11.2. The molecule has 0 amide bonds. The third-order valence-electron chi connectivity index (χ3n) is 3.52. The summed E-state index contributed by atoms with van der Waals surface area (Å²) in [6, 6.07) is 6.87. The number of rotatable bonds is 0. The van der Waals surface area contributed by atoms with Gasteiger partial charge in [-0.15, -0.1) is 0 Å². The van der Waals surface area contributed by atoms with Crippen molar-refractivity contribution in [3.8, 4) is 17.2 Å². The number of ether oxygens (including phenoxy) is 1. The Kier molecular flexibility index (Phi) is 2.21. The quantitative estimate of drug-likeness (QED) is 0.747. The summed E-state index contributed by atoms with van der Waals surface area (Å²) in [5.74, 6) is 1.05. The molecule has 2 aromatic carbocycles. The Bertz CT molecular complexity index is 629. The van der Waals surface area contributed by atoms with Gasteiger partial charge in [0.25, 0.3) is 0 Å². The van der Waals surface area contributed by atoms with Crippen LogP contribution < -0.4 is 4.74 Å². The fourth-order valence-electron chi connectivity index (χ4n) is 2.53. The molecule has 3 heteroatoms. The molecule has 0 aromatic heterocycles. The van der Waals surface area contributed by atoms with Gasteiger partial charge in [0.15, 0.2) is 0 Å². The van der Waals surface area contributed by atoms with E-state index in [2.05, 4.69) is 0 Å². The molecule has 0 fully saturated rings. The zero-order valence-corrected chi connectivity index (χ0v) is 10.5. The highest BCUT2D eigenvalue weighted by molar-refractivity contribution is 5.98. The summed E-state index contributed by atoms with van der Waals surface area (Å²) in [4.78, 5) is 0. The average molecular weight is 244 g/mol. The fourth-order valence-corrected chi connectivity index (χ4v) is 2.53. The monoisotopic (exact) mass is 244 g/mol. The summed E-state index contributed by atoms with van der Waals surface area (Å²) in [5.41, 5.74) is 0.722. The summed E-state index contributed by atoms with van der Waals surface area (Å²) in [5, 5.41) is 21.3. The second-order valence-corrected chi connectivity index (χ2v) is 5.45. The van der Waals surface area contributed by atoms with Crippen molar-refractivity contribution in [3.05, 3.63) is 29.8 Å². The van der Waals surface area contributed by atoms with Crippen LogP contribution in [0.25, 0.3) is 10.8 Å². The van der Waals surface area contributed by atoms with Crippen LogP contribution >= 0.6 is 0 Å². The lowest BCUT2D eigenvalue weighted by Gasteiger charge is -2.33. The van der Waals surface area contributed by atoms with E-state index in [1.807, 2.05) is 13.8 Å². The van der Waals surface area contributed by atoms with Gasteiger partial charge in [0.05, 0.1) is 5.39 Å². The number of hydrogen-bond donors (Lipinski definition) is 2. The van der Waals surface area contributed by atoms with Gasteiger partial charge in [-0.2, -0.15) is 0 Å². The second-order valence-electron chi connectivity index (χ2n) is 5.45. The Morgan fingerprint density at radius 3 is 2.72 bits per heavy atom. The van der Waals surface area contributed by atoms with Crippen LogP contribution in [0.1, 0.15) is 25.8 Å². The molecule has 0 saturated heterocycles. The Morgan fingerprint density at radius 1 is 1.17 bits per heavy atom. The van der Waals surface area contributed by atoms with E-state index in [9.17, 15) is 10.2 Å². The molecule has 1 aliphatic rings. The molecule has 1 aliphatic heterocycles. The number of aryl methyl sites for hydroxylation is 1. The first-order valence-corrected chi connectivity index (χ1v) is 6.13. The van der Waals surface area contributed by atoms with Crippen molar-refractivity contribution in [1.82, 2.24) is 0 Å². The van der Waals surface area contributed by atoms with Gasteiger partial charge in [0.2, 0.25) is 0 Å². The summed E-state index contributed by atoms with van der Waals surface area (Å²) in [6.45, 7) is 4.07. The highest BCUT2D eigenvalue weighted by atomic mass is 16.5. The number of phenols is 2. The van der Waals surface area contributed by atoms with Crippen molar-refractivity contribution < 1.29 is 14.9 Å². The van der Waals surface area contributed by atoms with Gasteiger partial charge < -0.3 is 14.9 Å². The zero-order valence-electron chi connectivity index (χ0n) is 10.5. The molecule has 0 spiro atoms. The van der Waals surface area contributed by atoms with E-state index in [0.29, 0.717) is 16.5 Å². The predicted octanol–water partition coefficient (Wildman–Crippen LogP) is 3.35. The molecule has 2 aromatic rings. The maximum absolute atomic E-state index is 10.0. The average Bonchev–Trinajstić information content (AvgIpc) is 2.30. The molecule has 3 nitrogen and oxygen atoms in total. The van der Waals surface area contributed by atoms with Gasteiger partial charge in [0.1, 0.15) is 22.8 Å². The van der Waals surface area contributed by atoms with E-state index in [-0.39, 0.29) is 17.1 Å².